The Hall–Kier alpha value is -1.69. The number of hydrogen-bond acceptors (Lipinski definition) is 5. The van der Waals surface area contributed by atoms with E-state index < -0.39 is 0 Å². The maximum absolute atomic E-state index is 12.3. The number of nitrogens with one attached hydrogen (secondary N) is 1. The summed E-state index contributed by atoms with van der Waals surface area (Å²) in [5.41, 5.74) is 0.917. The van der Waals surface area contributed by atoms with Crippen LogP contribution in [0.4, 0.5) is 0 Å². The maximum atomic E-state index is 12.3. The predicted molar refractivity (Wildman–Crippen MR) is 85.1 cm³/mol. The second kappa shape index (κ2) is 4.94. The lowest BCUT2D eigenvalue weighted by atomic mass is 9.94. The summed E-state index contributed by atoms with van der Waals surface area (Å²) in [7, 11) is 0. The zero-order valence-electron chi connectivity index (χ0n) is 12.7. The van der Waals surface area contributed by atoms with Gasteiger partial charge in [-0.25, -0.2) is 4.98 Å². The minimum Gasteiger partial charge on any atom is -0.384 e. The Balaban J connectivity index is 2.02. The third-order valence-corrected chi connectivity index (χ3v) is 5.06. The molecule has 1 atom stereocenters. The summed E-state index contributed by atoms with van der Waals surface area (Å²) in [5.74, 6) is 0.571. The topological polar surface area (TPSA) is 67.3 Å². The van der Waals surface area contributed by atoms with Crippen molar-refractivity contribution >= 4 is 27.3 Å². The van der Waals surface area contributed by atoms with Gasteiger partial charge in [-0.1, -0.05) is 32.9 Å². The fourth-order valence-electron chi connectivity index (χ4n) is 2.25. The molecule has 3 heterocycles. The largest absolute Gasteiger partial charge is 0.384 e. The molecule has 2 aromatic rings. The molecule has 1 aliphatic heterocycles. The Kier molecular flexibility index (Phi) is 3.36. The van der Waals surface area contributed by atoms with Crippen LogP contribution in [0.2, 0.25) is 0 Å². The SMILES string of the molecule is CCC1=NOC(c2nc3sc(C(C)(C)C)cc3c(=O)[nH]2)C1. The van der Waals surface area contributed by atoms with Crippen molar-refractivity contribution in [1.29, 1.82) is 0 Å². The monoisotopic (exact) mass is 305 g/mol. The van der Waals surface area contributed by atoms with Crippen LogP contribution < -0.4 is 5.56 Å². The molecule has 0 aromatic carbocycles. The number of oxime groups is 1. The minimum absolute atomic E-state index is 0.0142. The van der Waals surface area contributed by atoms with Crippen molar-refractivity contribution in [3.63, 3.8) is 0 Å². The molecule has 0 saturated heterocycles. The van der Waals surface area contributed by atoms with E-state index in [-0.39, 0.29) is 17.1 Å². The number of fused-ring (bicyclic) bond motifs is 1. The highest BCUT2D eigenvalue weighted by Gasteiger charge is 2.26. The zero-order valence-corrected chi connectivity index (χ0v) is 13.5. The van der Waals surface area contributed by atoms with Crippen LogP contribution in [0.5, 0.6) is 0 Å². The molecule has 1 unspecified atom stereocenters. The third kappa shape index (κ3) is 2.60. The molecule has 21 heavy (non-hydrogen) atoms. The van der Waals surface area contributed by atoms with Gasteiger partial charge in [0.2, 0.25) is 0 Å². The molecule has 0 radical (unpaired) electrons. The molecule has 0 amide bonds. The fraction of sp³-hybridized carbons (Fsp3) is 0.533. The predicted octanol–water partition coefficient (Wildman–Crippen LogP) is 3.51. The molecule has 3 rings (SSSR count). The maximum Gasteiger partial charge on any atom is 0.259 e. The summed E-state index contributed by atoms with van der Waals surface area (Å²) in [6.45, 7) is 8.44. The summed E-state index contributed by atoms with van der Waals surface area (Å²) >= 11 is 1.57. The van der Waals surface area contributed by atoms with Crippen LogP contribution in [0.1, 0.15) is 57.3 Å². The lowest BCUT2D eigenvalue weighted by molar-refractivity contribution is 0.0792. The van der Waals surface area contributed by atoms with Gasteiger partial charge < -0.3 is 9.82 Å². The van der Waals surface area contributed by atoms with Crippen LogP contribution in [-0.4, -0.2) is 15.7 Å². The number of H-pyrrole nitrogens is 1. The molecule has 2 aromatic heterocycles. The van der Waals surface area contributed by atoms with E-state index in [9.17, 15) is 4.79 Å². The highest BCUT2D eigenvalue weighted by atomic mass is 32.1. The molecular formula is C15H19N3O2S. The van der Waals surface area contributed by atoms with Gasteiger partial charge in [-0.15, -0.1) is 11.3 Å². The lowest BCUT2D eigenvalue weighted by Gasteiger charge is -2.14. The first-order valence-electron chi connectivity index (χ1n) is 7.14. The Labute approximate surface area is 127 Å². The van der Waals surface area contributed by atoms with Crippen molar-refractivity contribution in [2.24, 2.45) is 5.16 Å². The Morgan fingerprint density at radius 1 is 1.48 bits per heavy atom. The normalized spacial score (nSPS) is 18.9. The number of aromatic nitrogens is 2. The molecule has 0 fully saturated rings. The molecule has 5 nitrogen and oxygen atoms in total. The van der Waals surface area contributed by atoms with E-state index in [1.54, 1.807) is 11.3 Å². The van der Waals surface area contributed by atoms with Crippen LogP contribution in [0.3, 0.4) is 0 Å². The third-order valence-electron chi connectivity index (χ3n) is 3.60. The summed E-state index contributed by atoms with van der Waals surface area (Å²) in [6.07, 6.45) is 1.29. The first kappa shape index (κ1) is 14.3. The van der Waals surface area contributed by atoms with E-state index >= 15 is 0 Å². The standard InChI is InChI=1S/C15H19N3O2S/c1-5-8-6-10(20-18-8)12-16-13(19)9-7-11(15(2,3)4)21-14(9)17-12/h7,10H,5-6H2,1-4H3,(H,16,17,19). The molecule has 0 spiro atoms. The summed E-state index contributed by atoms with van der Waals surface area (Å²) in [4.78, 5) is 27.0. The average Bonchev–Trinajstić information content (AvgIpc) is 3.04. The van der Waals surface area contributed by atoms with Gasteiger partial charge in [0.15, 0.2) is 11.9 Å². The number of rotatable bonds is 2. The average molecular weight is 305 g/mol. The van der Waals surface area contributed by atoms with Crippen molar-refractivity contribution < 1.29 is 4.84 Å². The molecule has 0 bridgehead atoms. The zero-order chi connectivity index (χ0) is 15.2. The first-order valence-corrected chi connectivity index (χ1v) is 7.96. The van der Waals surface area contributed by atoms with Crippen LogP contribution in [-0.2, 0) is 10.3 Å². The molecule has 6 heteroatoms. The van der Waals surface area contributed by atoms with Gasteiger partial charge >= 0.3 is 0 Å². The van der Waals surface area contributed by atoms with E-state index in [4.69, 9.17) is 4.84 Å². The van der Waals surface area contributed by atoms with E-state index in [0.29, 0.717) is 17.6 Å². The Morgan fingerprint density at radius 3 is 2.86 bits per heavy atom. The van der Waals surface area contributed by atoms with Gasteiger partial charge in [-0.05, 0) is 17.9 Å². The first-order chi connectivity index (χ1) is 9.88. The lowest BCUT2D eigenvalue weighted by Crippen LogP contribution is -2.14. The van der Waals surface area contributed by atoms with Gasteiger partial charge in [0.1, 0.15) is 4.83 Å². The molecule has 112 valence electrons. The van der Waals surface area contributed by atoms with Gasteiger partial charge in [0.25, 0.3) is 5.56 Å². The van der Waals surface area contributed by atoms with E-state index in [2.05, 4.69) is 35.9 Å². The molecule has 1 N–H and O–H groups in total. The van der Waals surface area contributed by atoms with E-state index in [0.717, 1.165) is 21.8 Å². The van der Waals surface area contributed by atoms with Crippen LogP contribution in [0.15, 0.2) is 16.0 Å². The number of nitrogens with zero attached hydrogens (tertiary/aromatic N) is 2. The highest BCUT2D eigenvalue weighted by molar-refractivity contribution is 7.18. The second-order valence-electron chi connectivity index (χ2n) is 6.34. The van der Waals surface area contributed by atoms with Crippen molar-refractivity contribution in [3.8, 4) is 0 Å². The number of aromatic amines is 1. The highest BCUT2D eigenvalue weighted by Crippen LogP contribution is 2.33. The molecule has 0 aliphatic carbocycles. The Morgan fingerprint density at radius 2 is 2.24 bits per heavy atom. The van der Waals surface area contributed by atoms with Crippen molar-refractivity contribution in [2.45, 2.75) is 52.1 Å². The van der Waals surface area contributed by atoms with Crippen molar-refractivity contribution in [2.75, 3.05) is 0 Å². The van der Waals surface area contributed by atoms with Crippen molar-refractivity contribution in [3.05, 3.63) is 27.1 Å². The Bertz CT molecular complexity index is 767. The van der Waals surface area contributed by atoms with E-state index in [1.165, 1.54) is 0 Å². The molecule has 1 aliphatic rings. The number of hydrogen-bond donors (Lipinski definition) is 1. The molecular weight excluding hydrogens is 286 g/mol. The van der Waals surface area contributed by atoms with Gasteiger partial charge in [0.05, 0.1) is 11.1 Å². The number of thiophene rings is 1. The van der Waals surface area contributed by atoms with Gasteiger partial charge in [-0.2, -0.15) is 0 Å². The smallest absolute Gasteiger partial charge is 0.259 e. The van der Waals surface area contributed by atoms with E-state index in [1.807, 2.05) is 13.0 Å². The quantitative estimate of drug-likeness (QED) is 0.923. The van der Waals surface area contributed by atoms with Crippen LogP contribution >= 0.6 is 11.3 Å². The summed E-state index contributed by atoms with van der Waals surface area (Å²) in [6, 6.07) is 1.94. The summed E-state index contributed by atoms with van der Waals surface area (Å²) < 4.78 is 0. The molecule has 0 saturated carbocycles. The summed E-state index contributed by atoms with van der Waals surface area (Å²) in [5, 5.41) is 4.68. The second-order valence-corrected chi connectivity index (χ2v) is 7.37. The van der Waals surface area contributed by atoms with Crippen LogP contribution in [0.25, 0.3) is 10.2 Å². The minimum atomic E-state index is -0.266. The fourth-order valence-corrected chi connectivity index (χ4v) is 3.35. The van der Waals surface area contributed by atoms with Gasteiger partial charge in [-0.3, -0.25) is 4.79 Å². The van der Waals surface area contributed by atoms with Crippen molar-refractivity contribution in [1.82, 2.24) is 9.97 Å². The van der Waals surface area contributed by atoms with Crippen LogP contribution in [0, 0.1) is 0 Å². The van der Waals surface area contributed by atoms with Gasteiger partial charge in [0, 0.05) is 11.3 Å².